The Morgan fingerprint density at radius 2 is 1.63 bits per heavy atom. The molecular weight excluding hydrogens is 623 g/mol. The van der Waals surface area contributed by atoms with E-state index in [1.54, 1.807) is 17.7 Å². The fourth-order valence-electron chi connectivity index (χ4n) is 5.14. The summed E-state index contributed by atoms with van der Waals surface area (Å²) in [6.07, 6.45) is 8.03. The lowest BCUT2D eigenvalue weighted by Crippen LogP contribution is -2.06. The van der Waals surface area contributed by atoms with Gasteiger partial charge in [-0.15, -0.1) is 0 Å². The van der Waals surface area contributed by atoms with Crippen molar-refractivity contribution in [3.8, 4) is 11.4 Å². The molecule has 242 valence electrons. The highest BCUT2D eigenvalue weighted by Crippen LogP contribution is 2.26. The zero-order valence-electron chi connectivity index (χ0n) is 26.5. The SMILES string of the molecule is CCOC(=O)CCCCC(/C=C/c1ccccc1OCc1cc(C)n(-c2cc(Cl)cc(Cl)c2)n1)Cc1ccc(C(=O)OCC)cc1. The minimum absolute atomic E-state index is 0.161. The quantitative estimate of drug-likeness (QED) is 0.0879. The molecule has 0 amide bonds. The summed E-state index contributed by atoms with van der Waals surface area (Å²) in [7, 11) is 0. The van der Waals surface area contributed by atoms with Crippen LogP contribution in [0.15, 0.2) is 78.9 Å². The van der Waals surface area contributed by atoms with Crippen LogP contribution in [0.4, 0.5) is 0 Å². The van der Waals surface area contributed by atoms with Crippen molar-refractivity contribution in [2.45, 2.75) is 59.5 Å². The number of hydrogen-bond acceptors (Lipinski definition) is 6. The molecule has 9 heteroatoms. The highest BCUT2D eigenvalue weighted by Gasteiger charge is 2.13. The average molecular weight is 664 g/mol. The highest BCUT2D eigenvalue weighted by molar-refractivity contribution is 6.34. The molecule has 4 rings (SSSR count). The van der Waals surface area contributed by atoms with Crippen LogP contribution in [-0.4, -0.2) is 34.9 Å². The summed E-state index contributed by atoms with van der Waals surface area (Å²) >= 11 is 12.4. The van der Waals surface area contributed by atoms with Crippen LogP contribution in [0.3, 0.4) is 0 Å². The molecule has 0 fully saturated rings. The molecule has 1 atom stereocenters. The van der Waals surface area contributed by atoms with Crippen LogP contribution in [0.1, 0.15) is 72.4 Å². The molecule has 46 heavy (non-hydrogen) atoms. The zero-order chi connectivity index (χ0) is 32.9. The van der Waals surface area contributed by atoms with Gasteiger partial charge in [0, 0.05) is 27.7 Å². The molecule has 0 saturated heterocycles. The molecule has 0 bridgehead atoms. The number of benzene rings is 3. The minimum Gasteiger partial charge on any atom is -0.487 e. The van der Waals surface area contributed by atoms with Gasteiger partial charge in [-0.05, 0) is 94.0 Å². The van der Waals surface area contributed by atoms with Crippen molar-refractivity contribution in [3.63, 3.8) is 0 Å². The van der Waals surface area contributed by atoms with E-state index in [4.69, 9.17) is 42.5 Å². The Balaban J connectivity index is 1.46. The average Bonchev–Trinajstić information content (AvgIpc) is 3.41. The number of nitrogens with zero attached hydrogens (tertiary/aromatic N) is 2. The first-order valence-corrected chi connectivity index (χ1v) is 16.3. The Morgan fingerprint density at radius 1 is 0.913 bits per heavy atom. The predicted octanol–water partition coefficient (Wildman–Crippen LogP) is 9.24. The van der Waals surface area contributed by atoms with Crippen LogP contribution in [-0.2, 0) is 27.3 Å². The summed E-state index contributed by atoms with van der Waals surface area (Å²) in [5.41, 5.74) is 5.10. The summed E-state index contributed by atoms with van der Waals surface area (Å²) in [6, 6.07) is 22.8. The molecule has 0 spiro atoms. The van der Waals surface area contributed by atoms with E-state index in [0.29, 0.717) is 35.2 Å². The Labute approximate surface area is 281 Å². The fraction of sp³-hybridized carbons (Fsp3) is 0.324. The van der Waals surface area contributed by atoms with Gasteiger partial charge in [0.05, 0.1) is 24.5 Å². The van der Waals surface area contributed by atoms with Crippen LogP contribution >= 0.6 is 23.2 Å². The Kier molecular flexibility index (Phi) is 13.3. The molecule has 1 unspecified atom stereocenters. The van der Waals surface area contributed by atoms with E-state index in [1.807, 2.05) is 80.6 Å². The number of rotatable bonds is 16. The highest BCUT2D eigenvalue weighted by atomic mass is 35.5. The number of para-hydroxylation sites is 1. The molecule has 3 aromatic carbocycles. The maximum absolute atomic E-state index is 12.1. The van der Waals surface area contributed by atoms with Crippen LogP contribution in [0, 0.1) is 12.8 Å². The lowest BCUT2D eigenvalue weighted by Gasteiger charge is -2.14. The largest absolute Gasteiger partial charge is 0.487 e. The summed E-state index contributed by atoms with van der Waals surface area (Å²) < 4.78 is 18.3. The van der Waals surface area contributed by atoms with Gasteiger partial charge >= 0.3 is 11.9 Å². The van der Waals surface area contributed by atoms with Gasteiger partial charge in [0.15, 0.2) is 0 Å². The van der Waals surface area contributed by atoms with Gasteiger partial charge in [-0.1, -0.05) is 72.1 Å². The molecule has 1 heterocycles. The standard InChI is InChI=1S/C37H40Cl2N2O5/c1-4-44-36(42)13-9-6-10-27(21-28-15-18-30(19-16-28)37(43)45-5-2)14-17-29-11-7-8-12-35(29)46-25-33-20-26(3)41(40-33)34-23-31(38)22-32(39)24-34/h7-8,11-12,14-20,22-24,27H,4-6,9-10,13,21,25H2,1-3H3/b17-14+. The monoisotopic (exact) mass is 662 g/mol. The first-order chi connectivity index (χ1) is 22.2. The molecule has 0 aliphatic heterocycles. The minimum atomic E-state index is -0.322. The molecule has 0 aliphatic rings. The van der Waals surface area contributed by atoms with Gasteiger partial charge in [0.2, 0.25) is 0 Å². The van der Waals surface area contributed by atoms with E-state index in [-0.39, 0.29) is 24.5 Å². The van der Waals surface area contributed by atoms with Crippen molar-refractivity contribution in [2.75, 3.05) is 13.2 Å². The number of carbonyl (C=O) groups is 2. The number of aryl methyl sites for hydroxylation is 1. The summed E-state index contributed by atoms with van der Waals surface area (Å²) in [4.78, 5) is 23.9. The van der Waals surface area contributed by atoms with Crippen molar-refractivity contribution < 1.29 is 23.8 Å². The lowest BCUT2D eigenvalue weighted by molar-refractivity contribution is -0.143. The van der Waals surface area contributed by atoms with Crippen LogP contribution in [0.5, 0.6) is 5.75 Å². The number of unbranched alkanes of at least 4 members (excludes halogenated alkanes) is 1. The van der Waals surface area contributed by atoms with E-state index < -0.39 is 0 Å². The number of allylic oxidation sites excluding steroid dienone is 1. The van der Waals surface area contributed by atoms with E-state index in [0.717, 1.165) is 59.6 Å². The third kappa shape index (κ3) is 10.5. The molecular formula is C37H40Cl2N2O5. The van der Waals surface area contributed by atoms with Gasteiger partial charge in [-0.2, -0.15) is 5.10 Å². The molecule has 0 N–H and O–H groups in total. The van der Waals surface area contributed by atoms with Gasteiger partial charge < -0.3 is 14.2 Å². The van der Waals surface area contributed by atoms with Crippen molar-refractivity contribution in [1.82, 2.24) is 9.78 Å². The predicted molar refractivity (Wildman–Crippen MR) is 183 cm³/mol. The second-order valence-corrected chi connectivity index (χ2v) is 11.8. The molecule has 4 aromatic rings. The lowest BCUT2D eigenvalue weighted by atomic mass is 9.92. The van der Waals surface area contributed by atoms with E-state index >= 15 is 0 Å². The molecule has 0 aliphatic carbocycles. The maximum Gasteiger partial charge on any atom is 0.338 e. The zero-order valence-corrected chi connectivity index (χ0v) is 28.0. The number of halogens is 2. The maximum atomic E-state index is 12.1. The van der Waals surface area contributed by atoms with E-state index in [9.17, 15) is 9.59 Å². The van der Waals surface area contributed by atoms with Crippen molar-refractivity contribution in [2.24, 2.45) is 5.92 Å². The Bertz CT molecular complexity index is 1610. The molecule has 0 saturated carbocycles. The summed E-state index contributed by atoms with van der Waals surface area (Å²) in [6.45, 7) is 6.61. The van der Waals surface area contributed by atoms with Gasteiger partial charge in [-0.3, -0.25) is 4.79 Å². The van der Waals surface area contributed by atoms with Gasteiger partial charge in [0.25, 0.3) is 0 Å². The number of esters is 2. The van der Waals surface area contributed by atoms with Crippen LogP contribution in [0.25, 0.3) is 11.8 Å². The van der Waals surface area contributed by atoms with Crippen molar-refractivity contribution in [3.05, 3.63) is 117 Å². The smallest absolute Gasteiger partial charge is 0.338 e. The second kappa shape index (κ2) is 17.6. The summed E-state index contributed by atoms with van der Waals surface area (Å²) in [5, 5.41) is 5.80. The van der Waals surface area contributed by atoms with Crippen molar-refractivity contribution in [1.29, 1.82) is 0 Å². The van der Waals surface area contributed by atoms with Crippen molar-refractivity contribution >= 4 is 41.2 Å². The molecule has 1 aromatic heterocycles. The second-order valence-electron chi connectivity index (χ2n) is 10.9. The van der Waals surface area contributed by atoms with Crippen LogP contribution in [0.2, 0.25) is 10.0 Å². The third-order valence-electron chi connectivity index (χ3n) is 7.35. The van der Waals surface area contributed by atoms with Gasteiger partial charge in [0.1, 0.15) is 18.1 Å². The Hall–Kier alpha value is -4.07. The van der Waals surface area contributed by atoms with Gasteiger partial charge in [-0.25, -0.2) is 9.48 Å². The third-order valence-corrected chi connectivity index (χ3v) is 7.78. The first-order valence-electron chi connectivity index (χ1n) is 15.6. The molecule has 7 nitrogen and oxygen atoms in total. The summed E-state index contributed by atoms with van der Waals surface area (Å²) in [5.74, 6) is 0.464. The van der Waals surface area contributed by atoms with E-state index in [2.05, 4.69) is 12.2 Å². The Morgan fingerprint density at radius 3 is 2.35 bits per heavy atom. The number of aromatic nitrogens is 2. The number of ether oxygens (including phenoxy) is 3. The number of carbonyl (C=O) groups excluding carboxylic acids is 2. The topological polar surface area (TPSA) is 79.7 Å². The fourth-order valence-corrected chi connectivity index (χ4v) is 5.66. The molecule has 0 radical (unpaired) electrons. The normalized spacial score (nSPS) is 11.8. The number of hydrogen-bond donors (Lipinski definition) is 0. The van der Waals surface area contributed by atoms with Crippen LogP contribution < -0.4 is 4.74 Å². The first kappa shape index (κ1) is 34.8. The van der Waals surface area contributed by atoms with E-state index in [1.165, 1.54) is 0 Å².